The molecule has 0 spiro atoms. The second-order valence-corrected chi connectivity index (χ2v) is 7.21. The minimum absolute atomic E-state index is 0.0724. The van der Waals surface area contributed by atoms with Gasteiger partial charge in [0, 0.05) is 17.1 Å². The number of halogens is 1. The average molecular weight is 358 g/mol. The van der Waals surface area contributed by atoms with Crippen LogP contribution in [0.25, 0.3) is 0 Å². The van der Waals surface area contributed by atoms with E-state index in [4.69, 9.17) is 9.47 Å². The summed E-state index contributed by atoms with van der Waals surface area (Å²) in [6.45, 7) is 9.42. The predicted octanol–water partition coefficient (Wildman–Crippen LogP) is 4.04. The van der Waals surface area contributed by atoms with Crippen molar-refractivity contribution in [3.63, 3.8) is 0 Å². The van der Waals surface area contributed by atoms with Crippen LogP contribution in [0.2, 0.25) is 0 Å². The molecular weight excluding hydrogens is 330 g/mol. The molecule has 0 aliphatic rings. The smallest absolute Gasteiger partial charge is 0.122 e. The number of ether oxygens (including phenoxy) is 2. The molecule has 0 aromatic heterocycles. The van der Waals surface area contributed by atoms with Crippen LogP contribution in [0.3, 0.4) is 0 Å². The first kappa shape index (κ1) is 18.5. The third-order valence-electron chi connectivity index (χ3n) is 3.62. The van der Waals surface area contributed by atoms with Gasteiger partial charge in [-0.1, -0.05) is 36.7 Å². The lowest BCUT2D eigenvalue weighted by atomic mass is 9.82. The highest BCUT2D eigenvalue weighted by molar-refractivity contribution is 9.10. The van der Waals surface area contributed by atoms with E-state index in [0.29, 0.717) is 0 Å². The Balaban J connectivity index is 3.02. The molecule has 0 amide bonds. The molecule has 1 aromatic rings. The van der Waals surface area contributed by atoms with Crippen LogP contribution in [-0.4, -0.2) is 32.9 Å². The van der Waals surface area contributed by atoms with Gasteiger partial charge in [0.2, 0.25) is 0 Å². The van der Waals surface area contributed by atoms with E-state index < -0.39 is 0 Å². The fourth-order valence-corrected chi connectivity index (χ4v) is 3.06. The number of likely N-dealkylation sites (N-methyl/N-ethyl adjacent to an activating group) is 1. The zero-order valence-electron chi connectivity index (χ0n) is 14.0. The summed E-state index contributed by atoms with van der Waals surface area (Å²) in [5.74, 6) is 0.919. The summed E-state index contributed by atoms with van der Waals surface area (Å²) in [5, 5.41) is 3.42. The van der Waals surface area contributed by atoms with E-state index in [-0.39, 0.29) is 17.6 Å². The van der Waals surface area contributed by atoms with E-state index in [1.807, 2.05) is 26.1 Å². The number of hydrogen-bond donors (Lipinski definition) is 1. The lowest BCUT2D eigenvalue weighted by Gasteiger charge is -2.37. The van der Waals surface area contributed by atoms with Gasteiger partial charge in [-0.25, -0.2) is 0 Å². The highest BCUT2D eigenvalue weighted by Crippen LogP contribution is 2.30. The fraction of sp³-hybridized carbons (Fsp3) is 0.647. The molecule has 21 heavy (non-hydrogen) atoms. The van der Waals surface area contributed by atoms with E-state index in [2.05, 4.69) is 48.1 Å². The van der Waals surface area contributed by atoms with Crippen molar-refractivity contribution in [1.82, 2.24) is 5.32 Å². The van der Waals surface area contributed by atoms with Crippen molar-refractivity contribution in [1.29, 1.82) is 0 Å². The molecule has 0 bridgehead atoms. The Hall–Kier alpha value is -0.580. The molecule has 120 valence electrons. The molecule has 0 saturated heterocycles. The van der Waals surface area contributed by atoms with E-state index in [0.717, 1.165) is 23.2 Å². The predicted molar refractivity (Wildman–Crippen MR) is 92.1 cm³/mol. The minimum Gasteiger partial charge on any atom is -0.496 e. The Morgan fingerprint density at radius 1 is 1.29 bits per heavy atom. The van der Waals surface area contributed by atoms with Crippen molar-refractivity contribution in [2.75, 3.05) is 20.8 Å². The van der Waals surface area contributed by atoms with Crippen LogP contribution in [-0.2, 0) is 11.2 Å². The van der Waals surface area contributed by atoms with Crippen LogP contribution in [0.5, 0.6) is 5.75 Å². The van der Waals surface area contributed by atoms with Crippen molar-refractivity contribution in [3.05, 3.63) is 28.2 Å². The van der Waals surface area contributed by atoms with Gasteiger partial charge in [-0.15, -0.1) is 0 Å². The van der Waals surface area contributed by atoms with E-state index in [1.54, 1.807) is 7.11 Å². The van der Waals surface area contributed by atoms with Crippen LogP contribution in [0.15, 0.2) is 22.7 Å². The zero-order valence-corrected chi connectivity index (χ0v) is 15.6. The zero-order chi connectivity index (χ0) is 16.0. The van der Waals surface area contributed by atoms with Gasteiger partial charge in [-0.3, -0.25) is 0 Å². The largest absolute Gasteiger partial charge is 0.496 e. The number of methoxy groups -OCH3 is 1. The van der Waals surface area contributed by atoms with Crippen LogP contribution in [0.1, 0.15) is 33.3 Å². The van der Waals surface area contributed by atoms with Crippen molar-refractivity contribution >= 4 is 15.9 Å². The molecule has 0 aliphatic heterocycles. The first-order chi connectivity index (χ1) is 9.83. The molecular formula is C17H28BrNO2. The average Bonchev–Trinajstić information content (AvgIpc) is 2.41. The molecule has 0 fully saturated rings. The molecule has 0 saturated carbocycles. The van der Waals surface area contributed by atoms with Gasteiger partial charge in [-0.05, 0) is 49.6 Å². The third kappa shape index (κ3) is 5.28. The number of benzene rings is 1. The van der Waals surface area contributed by atoms with Crippen LogP contribution in [0.4, 0.5) is 0 Å². The number of rotatable bonds is 7. The monoisotopic (exact) mass is 357 g/mol. The van der Waals surface area contributed by atoms with Gasteiger partial charge in [0.1, 0.15) is 5.75 Å². The molecule has 4 heteroatoms. The summed E-state index contributed by atoms with van der Waals surface area (Å²) >= 11 is 3.54. The summed E-state index contributed by atoms with van der Waals surface area (Å²) in [5.41, 5.74) is 1.25. The quantitative estimate of drug-likeness (QED) is 0.798. The third-order valence-corrected chi connectivity index (χ3v) is 4.11. The molecule has 1 N–H and O–H groups in total. The topological polar surface area (TPSA) is 30.5 Å². The first-order valence-electron chi connectivity index (χ1n) is 7.44. The van der Waals surface area contributed by atoms with Crippen LogP contribution in [0, 0.1) is 5.41 Å². The highest BCUT2D eigenvalue weighted by Gasteiger charge is 2.32. The van der Waals surface area contributed by atoms with Gasteiger partial charge < -0.3 is 14.8 Å². The molecule has 3 nitrogen and oxygen atoms in total. The fourth-order valence-electron chi connectivity index (χ4n) is 2.65. The van der Waals surface area contributed by atoms with Crippen molar-refractivity contribution in [3.8, 4) is 5.75 Å². The lowest BCUT2D eigenvalue weighted by Crippen LogP contribution is -2.48. The molecule has 0 aliphatic carbocycles. The minimum atomic E-state index is 0.0724. The van der Waals surface area contributed by atoms with Gasteiger partial charge in [0.15, 0.2) is 0 Å². The highest BCUT2D eigenvalue weighted by atomic mass is 79.9. The Bertz CT molecular complexity index is 443. The molecule has 2 unspecified atom stereocenters. The summed E-state index contributed by atoms with van der Waals surface area (Å²) in [4.78, 5) is 0. The van der Waals surface area contributed by atoms with Gasteiger partial charge in [0.25, 0.3) is 0 Å². The molecule has 1 rings (SSSR count). The van der Waals surface area contributed by atoms with Crippen molar-refractivity contribution in [2.45, 2.75) is 46.3 Å². The Morgan fingerprint density at radius 3 is 2.43 bits per heavy atom. The van der Waals surface area contributed by atoms with E-state index in [1.165, 1.54) is 5.56 Å². The Labute approximate surface area is 137 Å². The van der Waals surface area contributed by atoms with Gasteiger partial charge in [0.05, 0.1) is 13.2 Å². The van der Waals surface area contributed by atoms with Crippen molar-refractivity contribution in [2.24, 2.45) is 5.41 Å². The summed E-state index contributed by atoms with van der Waals surface area (Å²) in [6, 6.07) is 6.35. The maximum absolute atomic E-state index is 6.02. The normalized spacial score (nSPS) is 14.8. The van der Waals surface area contributed by atoms with Crippen LogP contribution >= 0.6 is 15.9 Å². The standard InChI is InChI=1S/C17H28BrNO2/c1-7-21-16(17(2,3)4)14(19-5)11-12-10-13(18)8-9-15(12)20-6/h8-10,14,16,19H,7,11H2,1-6H3. The van der Waals surface area contributed by atoms with E-state index >= 15 is 0 Å². The summed E-state index contributed by atoms with van der Waals surface area (Å²) in [7, 11) is 3.71. The van der Waals surface area contributed by atoms with Gasteiger partial charge in [-0.2, -0.15) is 0 Å². The maximum atomic E-state index is 6.02. The Morgan fingerprint density at radius 2 is 1.95 bits per heavy atom. The Kier molecular flexibility index (Phi) is 7.17. The molecule has 2 atom stereocenters. The number of hydrogen-bond acceptors (Lipinski definition) is 3. The second kappa shape index (κ2) is 8.16. The summed E-state index contributed by atoms with van der Waals surface area (Å²) in [6.07, 6.45) is 0.998. The van der Waals surface area contributed by atoms with E-state index in [9.17, 15) is 0 Å². The van der Waals surface area contributed by atoms with Gasteiger partial charge >= 0.3 is 0 Å². The maximum Gasteiger partial charge on any atom is 0.122 e. The van der Waals surface area contributed by atoms with Crippen molar-refractivity contribution < 1.29 is 9.47 Å². The second-order valence-electron chi connectivity index (χ2n) is 6.30. The lowest BCUT2D eigenvalue weighted by molar-refractivity contribution is -0.0341. The molecule has 0 heterocycles. The molecule has 1 aromatic carbocycles. The van der Waals surface area contributed by atoms with Crippen LogP contribution < -0.4 is 10.1 Å². The molecule has 0 radical (unpaired) electrons. The number of nitrogens with one attached hydrogen (secondary N) is 1. The SMILES string of the molecule is CCOC(C(Cc1cc(Br)ccc1OC)NC)C(C)(C)C. The summed E-state index contributed by atoms with van der Waals surface area (Å²) < 4.78 is 12.6. The first-order valence-corrected chi connectivity index (χ1v) is 8.24.